The lowest BCUT2D eigenvalue weighted by molar-refractivity contribution is 0.0964. The molecule has 0 radical (unpaired) electrons. The topological polar surface area (TPSA) is 54.9 Å². The van der Waals surface area contributed by atoms with Gasteiger partial charge in [-0.05, 0) is 28.1 Å². The molecule has 14 heavy (non-hydrogen) atoms. The van der Waals surface area contributed by atoms with Crippen LogP contribution < -0.4 is 5.32 Å². The third-order valence-corrected chi connectivity index (χ3v) is 3.01. The van der Waals surface area contributed by atoms with Crippen LogP contribution >= 0.6 is 27.7 Å². The van der Waals surface area contributed by atoms with Gasteiger partial charge in [0, 0.05) is 11.5 Å². The van der Waals surface area contributed by atoms with Crippen LogP contribution in [0.2, 0.25) is 0 Å². The molecule has 2 rings (SSSR count). The van der Waals surface area contributed by atoms with Gasteiger partial charge in [0.2, 0.25) is 0 Å². The summed E-state index contributed by atoms with van der Waals surface area (Å²) in [4.78, 5) is 11.4. The summed E-state index contributed by atoms with van der Waals surface area (Å²) in [5.41, 5.74) is 1.93. The van der Waals surface area contributed by atoms with Gasteiger partial charge < -0.3 is 5.32 Å². The molecule has 1 heterocycles. The molecule has 0 fully saturated rings. The van der Waals surface area contributed by atoms with Crippen molar-refractivity contribution in [2.24, 2.45) is 0 Å². The minimum Gasteiger partial charge on any atom is -0.355 e. The van der Waals surface area contributed by atoms with Gasteiger partial charge in [-0.2, -0.15) is 8.75 Å². The van der Waals surface area contributed by atoms with Crippen molar-refractivity contribution in [3.05, 3.63) is 22.2 Å². The fraction of sp³-hybridized carbons (Fsp3) is 0.125. The Morgan fingerprint density at radius 1 is 1.43 bits per heavy atom. The Morgan fingerprint density at radius 2 is 2.14 bits per heavy atom. The third kappa shape index (κ3) is 1.40. The minimum absolute atomic E-state index is 0.143. The number of benzene rings is 1. The number of hydrogen-bond acceptors (Lipinski definition) is 4. The molecular weight excluding hydrogens is 266 g/mol. The second-order valence-electron chi connectivity index (χ2n) is 2.64. The first-order chi connectivity index (χ1) is 6.74. The number of halogens is 1. The quantitative estimate of drug-likeness (QED) is 0.861. The maximum atomic E-state index is 11.4. The molecule has 0 saturated heterocycles. The number of nitrogens with zero attached hydrogens (tertiary/aromatic N) is 2. The summed E-state index contributed by atoms with van der Waals surface area (Å²) in [7, 11) is 1.59. The molecule has 72 valence electrons. The Bertz CT molecular complexity index is 496. The van der Waals surface area contributed by atoms with Gasteiger partial charge in [-0.15, -0.1) is 0 Å². The number of amides is 1. The van der Waals surface area contributed by atoms with Crippen LogP contribution in [-0.4, -0.2) is 21.7 Å². The lowest BCUT2D eigenvalue weighted by atomic mass is 10.2. The second kappa shape index (κ2) is 3.62. The predicted octanol–water partition coefficient (Wildman–Crippen LogP) is 1.81. The molecule has 0 atom stereocenters. The van der Waals surface area contributed by atoms with Crippen molar-refractivity contribution in [1.29, 1.82) is 0 Å². The number of rotatable bonds is 1. The first-order valence-corrected chi connectivity index (χ1v) is 5.39. The van der Waals surface area contributed by atoms with Crippen molar-refractivity contribution in [1.82, 2.24) is 14.1 Å². The number of carbonyl (C=O) groups excluding carboxylic acids is 1. The Labute approximate surface area is 92.8 Å². The Morgan fingerprint density at radius 3 is 2.86 bits per heavy atom. The Hall–Kier alpha value is -1.01. The molecule has 1 N–H and O–H groups in total. The first kappa shape index (κ1) is 9.54. The standard InChI is InChI=1S/C8H6BrN3OS/c1-10-8(13)4-2-3-5(9)7-6(4)11-14-12-7/h2-3H,1H3,(H,10,13). The SMILES string of the molecule is CNC(=O)c1ccc(Br)c2nsnc12. The van der Waals surface area contributed by atoms with Crippen LogP contribution in [0.3, 0.4) is 0 Å². The summed E-state index contributed by atoms with van der Waals surface area (Å²) in [6.07, 6.45) is 0. The van der Waals surface area contributed by atoms with Gasteiger partial charge in [0.15, 0.2) is 0 Å². The maximum Gasteiger partial charge on any atom is 0.253 e. The highest BCUT2D eigenvalue weighted by Crippen LogP contribution is 2.24. The summed E-state index contributed by atoms with van der Waals surface area (Å²) >= 11 is 4.45. The fourth-order valence-corrected chi connectivity index (χ4v) is 2.25. The monoisotopic (exact) mass is 271 g/mol. The summed E-state index contributed by atoms with van der Waals surface area (Å²) in [6.45, 7) is 0. The van der Waals surface area contributed by atoms with E-state index in [1.807, 2.05) is 0 Å². The van der Waals surface area contributed by atoms with Crippen LogP contribution in [0.4, 0.5) is 0 Å². The van der Waals surface area contributed by atoms with Crippen LogP contribution in [0, 0.1) is 0 Å². The highest BCUT2D eigenvalue weighted by molar-refractivity contribution is 9.10. The van der Waals surface area contributed by atoms with E-state index in [2.05, 4.69) is 30.0 Å². The number of hydrogen-bond donors (Lipinski definition) is 1. The lowest BCUT2D eigenvalue weighted by Crippen LogP contribution is -2.18. The van der Waals surface area contributed by atoms with Crippen molar-refractivity contribution in [3.8, 4) is 0 Å². The van der Waals surface area contributed by atoms with Gasteiger partial charge >= 0.3 is 0 Å². The zero-order valence-electron chi connectivity index (χ0n) is 7.24. The molecule has 0 aliphatic heterocycles. The van der Waals surface area contributed by atoms with Crippen molar-refractivity contribution in [2.45, 2.75) is 0 Å². The average molecular weight is 272 g/mol. The van der Waals surface area contributed by atoms with Crippen LogP contribution in [-0.2, 0) is 0 Å². The summed E-state index contributed by atoms with van der Waals surface area (Å²) in [5, 5.41) is 2.57. The van der Waals surface area contributed by atoms with Gasteiger partial charge in [0.1, 0.15) is 11.0 Å². The van der Waals surface area contributed by atoms with Gasteiger partial charge in [-0.25, -0.2) is 0 Å². The number of carbonyl (C=O) groups is 1. The lowest BCUT2D eigenvalue weighted by Gasteiger charge is -2.00. The van der Waals surface area contributed by atoms with Crippen molar-refractivity contribution in [3.63, 3.8) is 0 Å². The van der Waals surface area contributed by atoms with Crippen LogP contribution in [0.1, 0.15) is 10.4 Å². The zero-order valence-corrected chi connectivity index (χ0v) is 9.65. The normalized spacial score (nSPS) is 10.4. The number of nitrogens with one attached hydrogen (secondary N) is 1. The molecule has 0 aliphatic rings. The van der Waals surface area contributed by atoms with E-state index in [-0.39, 0.29) is 5.91 Å². The molecule has 0 unspecified atom stereocenters. The number of aromatic nitrogens is 2. The molecule has 0 bridgehead atoms. The van der Waals surface area contributed by atoms with Gasteiger partial charge in [-0.3, -0.25) is 4.79 Å². The van der Waals surface area contributed by atoms with Crippen LogP contribution in [0.15, 0.2) is 16.6 Å². The van der Waals surface area contributed by atoms with E-state index >= 15 is 0 Å². The molecule has 1 amide bonds. The smallest absolute Gasteiger partial charge is 0.253 e. The largest absolute Gasteiger partial charge is 0.355 e. The second-order valence-corrected chi connectivity index (χ2v) is 4.02. The fourth-order valence-electron chi connectivity index (χ4n) is 1.15. The molecular formula is C8H6BrN3OS. The molecule has 1 aromatic carbocycles. The molecule has 0 saturated carbocycles. The molecule has 6 heteroatoms. The van der Waals surface area contributed by atoms with E-state index in [1.165, 1.54) is 0 Å². The van der Waals surface area contributed by atoms with Gasteiger partial charge in [0.25, 0.3) is 5.91 Å². The predicted molar refractivity (Wildman–Crippen MR) is 58.5 cm³/mol. The minimum atomic E-state index is -0.143. The summed E-state index contributed by atoms with van der Waals surface area (Å²) in [6, 6.07) is 3.53. The van der Waals surface area contributed by atoms with E-state index in [4.69, 9.17) is 0 Å². The highest BCUT2D eigenvalue weighted by Gasteiger charge is 2.13. The third-order valence-electron chi connectivity index (χ3n) is 1.84. The molecule has 2 aromatic rings. The van der Waals surface area contributed by atoms with Crippen molar-refractivity contribution in [2.75, 3.05) is 7.05 Å². The highest BCUT2D eigenvalue weighted by atomic mass is 79.9. The number of fused-ring (bicyclic) bond motifs is 1. The summed E-state index contributed by atoms with van der Waals surface area (Å²) < 4.78 is 9.04. The molecule has 0 spiro atoms. The average Bonchev–Trinajstić information content (AvgIpc) is 2.67. The Balaban J connectivity index is 2.72. The van der Waals surface area contributed by atoms with E-state index in [1.54, 1.807) is 19.2 Å². The molecule has 4 nitrogen and oxygen atoms in total. The van der Waals surface area contributed by atoms with Crippen LogP contribution in [0.25, 0.3) is 11.0 Å². The summed E-state index contributed by atoms with van der Waals surface area (Å²) in [5.74, 6) is -0.143. The van der Waals surface area contributed by atoms with Crippen molar-refractivity contribution >= 4 is 44.6 Å². The van der Waals surface area contributed by atoms with E-state index in [9.17, 15) is 4.79 Å². The van der Waals surface area contributed by atoms with E-state index < -0.39 is 0 Å². The van der Waals surface area contributed by atoms with Crippen LogP contribution in [0.5, 0.6) is 0 Å². The van der Waals surface area contributed by atoms with Gasteiger partial charge in [0.05, 0.1) is 17.3 Å². The van der Waals surface area contributed by atoms with Crippen molar-refractivity contribution < 1.29 is 4.79 Å². The van der Waals surface area contributed by atoms with Gasteiger partial charge in [-0.1, -0.05) is 0 Å². The maximum absolute atomic E-state index is 11.4. The Kier molecular flexibility index (Phi) is 2.47. The van der Waals surface area contributed by atoms with E-state index in [0.29, 0.717) is 11.1 Å². The molecule has 1 aromatic heterocycles. The molecule has 0 aliphatic carbocycles. The zero-order chi connectivity index (χ0) is 10.1. The van der Waals surface area contributed by atoms with E-state index in [0.717, 1.165) is 21.7 Å². The first-order valence-electron chi connectivity index (χ1n) is 3.87.